The maximum atomic E-state index is 13.3. The van der Waals surface area contributed by atoms with Crippen molar-refractivity contribution in [2.75, 3.05) is 31.1 Å². The lowest BCUT2D eigenvalue weighted by Crippen LogP contribution is -2.49. The predicted octanol–water partition coefficient (Wildman–Crippen LogP) is 3.43. The molecule has 3 aromatic rings. The topological polar surface area (TPSA) is 65.4 Å². The third-order valence-corrected chi connectivity index (χ3v) is 5.27. The molecule has 28 heavy (non-hydrogen) atoms. The van der Waals surface area contributed by atoms with E-state index in [4.69, 9.17) is 4.42 Å². The van der Waals surface area contributed by atoms with Crippen molar-refractivity contribution in [3.05, 3.63) is 65.7 Å². The molecule has 0 atom stereocenters. The number of para-hydroxylation sites is 1. The summed E-state index contributed by atoms with van der Waals surface area (Å²) in [6.45, 7) is 4.61. The van der Waals surface area contributed by atoms with Gasteiger partial charge < -0.3 is 18.8 Å². The van der Waals surface area contributed by atoms with E-state index in [-0.39, 0.29) is 5.91 Å². The molecular formula is C22H22N4O2. The summed E-state index contributed by atoms with van der Waals surface area (Å²) in [7, 11) is 1.89. The normalized spacial score (nSPS) is 14.2. The highest BCUT2D eigenvalue weighted by Crippen LogP contribution is 2.30. The molecule has 1 amide bonds. The van der Waals surface area contributed by atoms with Crippen molar-refractivity contribution < 1.29 is 9.21 Å². The first-order valence-corrected chi connectivity index (χ1v) is 9.33. The maximum Gasteiger partial charge on any atom is 0.271 e. The molecule has 1 fully saturated rings. The Morgan fingerprint density at radius 2 is 1.86 bits per heavy atom. The van der Waals surface area contributed by atoms with Gasteiger partial charge in [-0.05, 0) is 36.8 Å². The molecule has 0 spiro atoms. The number of piperazine rings is 1. The van der Waals surface area contributed by atoms with E-state index in [0.29, 0.717) is 43.2 Å². The predicted molar refractivity (Wildman–Crippen MR) is 107 cm³/mol. The van der Waals surface area contributed by atoms with Gasteiger partial charge in [-0.15, -0.1) is 0 Å². The quantitative estimate of drug-likeness (QED) is 0.705. The second-order valence-corrected chi connectivity index (χ2v) is 7.03. The van der Waals surface area contributed by atoms with Gasteiger partial charge in [-0.2, -0.15) is 5.26 Å². The largest absolute Gasteiger partial charge is 0.464 e. The zero-order valence-electron chi connectivity index (χ0n) is 16.1. The first-order valence-electron chi connectivity index (χ1n) is 9.33. The van der Waals surface area contributed by atoms with Crippen molar-refractivity contribution in [3.8, 4) is 17.4 Å². The van der Waals surface area contributed by atoms with E-state index in [9.17, 15) is 10.1 Å². The van der Waals surface area contributed by atoms with Crippen LogP contribution in [0.1, 0.15) is 21.6 Å². The Morgan fingerprint density at radius 3 is 2.54 bits per heavy atom. The zero-order valence-corrected chi connectivity index (χ0v) is 16.1. The minimum Gasteiger partial charge on any atom is -0.464 e. The minimum atomic E-state index is 0.00946. The highest BCUT2D eigenvalue weighted by atomic mass is 16.3. The molecule has 0 aliphatic carbocycles. The van der Waals surface area contributed by atoms with Crippen LogP contribution in [0.4, 0.5) is 5.69 Å². The van der Waals surface area contributed by atoms with E-state index in [0.717, 1.165) is 16.8 Å². The molecule has 142 valence electrons. The standard InChI is InChI=1S/C22H22N4O2/c1-16-15-24(2)21(20(16)19-8-5-13-28-19)22(27)26-11-9-25(10-12-26)18-7-4-3-6-17(18)14-23/h3-8,13,15H,9-12H2,1-2H3. The number of rotatable bonds is 3. The Morgan fingerprint density at radius 1 is 1.11 bits per heavy atom. The van der Waals surface area contributed by atoms with E-state index >= 15 is 0 Å². The van der Waals surface area contributed by atoms with Crippen LogP contribution in [0.25, 0.3) is 11.3 Å². The van der Waals surface area contributed by atoms with Gasteiger partial charge in [0.2, 0.25) is 0 Å². The van der Waals surface area contributed by atoms with Gasteiger partial charge in [0, 0.05) is 39.4 Å². The van der Waals surface area contributed by atoms with E-state index < -0.39 is 0 Å². The molecule has 0 bridgehead atoms. The third-order valence-electron chi connectivity index (χ3n) is 5.27. The first kappa shape index (κ1) is 17.9. The zero-order chi connectivity index (χ0) is 19.7. The average molecular weight is 374 g/mol. The number of aryl methyl sites for hydroxylation is 2. The van der Waals surface area contributed by atoms with Gasteiger partial charge in [0.05, 0.1) is 23.1 Å². The fraction of sp³-hybridized carbons (Fsp3) is 0.273. The molecule has 6 heteroatoms. The second-order valence-electron chi connectivity index (χ2n) is 7.03. The van der Waals surface area contributed by atoms with Crippen molar-refractivity contribution in [2.24, 2.45) is 7.05 Å². The van der Waals surface area contributed by atoms with Gasteiger partial charge in [0.25, 0.3) is 5.91 Å². The maximum absolute atomic E-state index is 13.3. The van der Waals surface area contributed by atoms with Gasteiger partial charge in [0.15, 0.2) is 0 Å². The van der Waals surface area contributed by atoms with Crippen molar-refractivity contribution >= 4 is 11.6 Å². The minimum absolute atomic E-state index is 0.00946. The van der Waals surface area contributed by atoms with Gasteiger partial charge in [0.1, 0.15) is 17.5 Å². The van der Waals surface area contributed by atoms with Crippen LogP contribution in [-0.4, -0.2) is 41.6 Å². The van der Waals surface area contributed by atoms with Gasteiger partial charge in [-0.25, -0.2) is 0 Å². The molecule has 0 unspecified atom stereocenters. The molecule has 1 aliphatic heterocycles. The summed E-state index contributed by atoms with van der Waals surface area (Å²) in [5.74, 6) is 0.721. The first-order chi connectivity index (χ1) is 13.6. The summed E-state index contributed by atoms with van der Waals surface area (Å²) < 4.78 is 7.45. The van der Waals surface area contributed by atoms with E-state index in [1.165, 1.54) is 0 Å². The lowest BCUT2D eigenvalue weighted by Gasteiger charge is -2.36. The molecule has 3 heterocycles. The lowest BCUT2D eigenvalue weighted by atomic mass is 10.1. The Balaban J connectivity index is 1.55. The second kappa shape index (κ2) is 7.28. The molecule has 1 aromatic carbocycles. The Bertz CT molecular complexity index is 1040. The third kappa shape index (κ3) is 3.05. The Kier molecular flexibility index (Phi) is 4.66. The number of anilines is 1. The van der Waals surface area contributed by atoms with E-state index in [2.05, 4.69) is 11.0 Å². The van der Waals surface area contributed by atoms with Crippen LogP contribution in [0.15, 0.2) is 53.3 Å². The van der Waals surface area contributed by atoms with Gasteiger partial charge in [-0.3, -0.25) is 4.79 Å². The van der Waals surface area contributed by atoms with E-state index in [1.807, 2.05) is 66.0 Å². The number of carbonyl (C=O) groups excluding carboxylic acids is 1. The highest BCUT2D eigenvalue weighted by Gasteiger charge is 2.28. The number of carbonyl (C=O) groups is 1. The fourth-order valence-corrected chi connectivity index (χ4v) is 3.92. The number of amides is 1. The fourth-order valence-electron chi connectivity index (χ4n) is 3.92. The van der Waals surface area contributed by atoms with Crippen molar-refractivity contribution in [2.45, 2.75) is 6.92 Å². The Labute approximate surface area is 164 Å². The van der Waals surface area contributed by atoms with Crippen LogP contribution in [0.3, 0.4) is 0 Å². The summed E-state index contributed by atoms with van der Waals surface area (Å²) in [6.07, 6.45) is 3.59. The molecule has 0 radical (unpaired) electrons. The van der Waals surface area contributed by atoms with Crippen molar-refractivity contribution in [1.82, 2.24) is 9.47 Å². The smallest absolute Gasteiger partial charge is 0.271 e. The SMILES string of the molecule is Cc1cn(C)c(C(=O)N2CCN(c3ccccc3C#N)CC2)c1-c1ccco1. The van der Waals surface area contributed by atoms with Crippen LogP contribution in [-0.2, 0) is 7.05 Å². The average Bonchev–Trinajstić information content (AvgIpc) is 3.34. The van der Waals surface area contributed by atoms with Crippen LogP contribution in [0.2, 0.25) is 0 Å². The number of benzene rings is 1. The number of hydrogen-bond acceptors (Lipinski definition) is 4. The molecule has 6 nitrogen and oxygen atoms in total. The van der Waals surface area contributed by atoms with Crippen LogP contribution < -0.4 is 4.90 Å². The van der Waals surface area contributed by atoms with Crippen molar-refractivity contribution in [3.63, 3.8) is 0 Å². The van der Waals surface area contributed by atoms with Crippen molar-refractivity contribution in [1.29, 1.82) is 5.26 Å². The molecule has 0 saturated carbocycles. The number of furan rings is 1. The van der Waals surface area contributed by atoms with Gasteiger partial charge >= 0.3 is 0 Å². The Hall–Kier alpha value is -3.46. The number of hydrogen-bond donors (Lipinski definition) is 0. The van der Waals surface area contributed by atoms with Crippen LogP contribution in [0, 0.1) is 18.3 Å². The molecule has 0 N–H and O–H groups in total. The molecular weight excluding hydrogens is 352 g/mol. The molecule has 1 aliphatic rings. The summed E-state index contributed by atoms with van der Waals surface area (Å²) in [6, 6.07) is 13.6. The van der Waals surface area contributed by atoms with Crippen LogP contribution in [0.5, 0.6) is 0 Å². The number of aromatic nitrogens is 1. The molecule has 4 rings (SSSR count). The summed E-state index contributed by atoms with van der Waals surface area (Å²) in [5, 5.41) is 9.34. The lowest BCUT2D eigenvalue weighted by molar-refractivity contribution is 0.0738. The van der Waals surface area contributed by atoms with Gasteiger partial charge in [-0.1, -0.05) is 12.1 Å². The molecule has 1 saturated heterocycles. The summed E-state index contributed by atoms with van der Waals surface area (Å²) in [4.78, 5) is 17.4. The monoisotopic (exact) mass is 374 g/mol. The highest BCUT2D eigenvalue weighted by molar-refractivity contribution is 6.00. The molecule has 2 aromatic heterocycles. The number of nitriles is 1. The number of nitrogens with zero attached hydrogens (tertiary/aromatic N) is 4. The van der Waals surface area contributed by atoms with Crippen LogP contribution >= 0.6 is 0 Å². The summed E-state index contributed by atoms with van der Waals surface area (Å²) in [5.41, 5.74) is 4.12. The summed E-state index contributed by atoms with van der Waals surface area (Å²) >= 11 is 0. The van der Waals surface area contributed by atoms with E-state index in [1.54, 1.807) is 6.26 Å².